The second-order valence-electron chi connectivity index (χ2n) is 3.98. The van der Waals surface area contributed by atoms with Crippen molar-refractivity contribution in [2.24, 2.45) is 5.73 Å². The second kappa shape index (κ2) is 14.1. The minimum atomic E-state index is 0. The van der Waals surface area contributed by atoms with Crippen LogP contribution >= 0.6 is 24.8 Å². The number of rotatable bonds is 3. The van der Waals surface area contributed by atoms with E-state index in [-0.39, 0.29) is 41.9 Å². The summed E-state index contributed by atoms with van der Waals surface area (Å²) in [5, 5.41) is 0. The normalized spacial score (nSPS) is 8.42. The van der Waals surface area contributed by atoms with Gasteiger partial charge in [0.15, 0.2) is 0 Å². The molecule has 2 aromatic rings. The van der Waals surface area contributed by atoms with E-state index in [0.29, 0.717) is 6.54 Å². The zero-order valence-electron chi connectivity index (χ0n) is 11.2. The summed E-state index contributed by atoms with van der Waals surface area (Å²) in [7, 11) is 4.13. The molecule has 0 spiro atoms. The smallest absolute Gasteiger partial charge is 0 e. The maximum atomic E-state index is 5.55. The number of nitrogens with two attached hydrogens (primary N) is 1. The van der Waals surface area contributed by atoms with Gasteiger partial charge in [-0.2, -0.15) is 11.6 Å². The molecule has 2 nitrogen and oxygen atoms in total. The molecule has 2 rings (SSSR count). The first kappa shape index (κ1) is 23.8. The van der Waals surface area contributed by atoms with Gasteiger partial charge in [0.25, 0.3) is 0 Å². The average molecular weight is 345 g/mol. The fourth-order valence-electron chi connectivity index (χ4n) is 1.51. The molecule has 2 N–H and O–H groups in total. The fraction of sp³-hybridized carbons (Fsp3) is 0.286. The Hall–Kier alpha value is -0.281. The van der Waals surface area contributed by atoms with Crippen LogP contribution in [0.25, 0.3) is 0 Å². The van der Waals surface area contributed by atoms with Crippen LogP contribution in [0.1, 0.15) is 11.1 Å². The van der Waals surface area contributed by atoms with Crippen molar-refractivity contribution in [2.75, 3.05) is 14.1 Å². The van der Waals surface area contributed by atoms with Gasteiger partial charge in [0.1, 0.15) is 0 Å². The maximum absolute atomic E-state index is 5.55. The van der Waals surface area contributed by atoms with Crippen molar-refractivity contribution in [3.8, 4) is 0 Å². The molecule has 2 aromatic carbocycles. The first-order valence-electron chi connectivity index (χ1n) is 5.49. The summed E-state index contributed by atoms with van der Waals surface area (Å²) in [4.78, 5) is 2.15. The third-order valence-electron chi connectivity index (χ3n) is 2.27. The third-order valence-corrected chi connectivity index (χ3v) is 2.27. The molecule has 19 heavy (non-hydrogen) atoms. The molecule has 0 aliphatic rings. The van der Waals surface area contributed by atoms with E-state index in [1.54, 1.807) is 0 Å². The zero-order chi connectivity index (χ0) is 11.8. The largest absolute Gasteiger partial charge is 0.748 e. The van der Waals surface area contributed by atoms with Crippen LogP contribution in [0.3, 0.4) is 0 Å². The molecule has 5 heteroatoms. The van der Waals surface area contributed by atoms with Crippen LogP contribution in [0.5, 0.6) is 0 Å². The van der Waals surface area contributed by atoms with Gasteiger partial charge in [-0.1, -0.05) is 0 Å². The average Bonchev–Trinajstić information content (AvgIpc) is 2.89. The van der Waals surface area contributed by atoms with Crippen molar-refractivity contribution in [3.63, 3.8) is 0 Å². The van der Waals surface area contributed by atoms with Crippen molar-refractivity contribution in [1.82, 2.24) is 4.90 Å². The van der Waals surface area contributed by atoms with Gasteiger partial charge in [-0.25, -0.2) is 12.1 Å². The first-order valence-corrected chi connectivity index (χ1v) is 5.49. The van der Waals surface area contributed by atoms with E-state index in [0.717, 1.165) is 6.54 Å². The van der Waals surface area contributed by atoms with E-state index in [4.69, 9.17) is 5.73 Å². The Morgan fingerprint density at radius 1 is 1.11 bits per heavy atom. The Kier molecular flexibility index (Phi) is 17.7. The standard InChI is InChI=1S/C9H15N2.C5H5.2ClH.Fe/c1-11(2)7-9-5-3-4-8(9)6-10;1-2-4-5-3-1;;;/h3-5H,6-7,10H2,1-2H3;1-5H;2*1H;/q-1;-5;;;. The van der Waals surface area contributed by atoms with Crippen molar-refractivity contribution in [2.45, 2.75) is 13.1 Å². The number of hydrogen-bond donors (Lipinski definition) is 1. The molecule has 0 amide bonds. The Morgan fingerprint density at radius 2 is 1.58 bits per heavy atom. The van der Waals surface area contributed by atoms with Crippen molar-refractivity contribution in [1.29, 1.82) is 0 Å². The van der Waals surface area contributed by atoms with Crippen LogP contribution in [0, 0.1) is 0 Å². The Balaban J connectivity index is -0.000000277. The first-order chi connectivity index (χ1) is 7.74. The molecule has 0 aromatic heterocycles. The third kappa shape index (κ3) is 10.2. The Morgan fingerprint density at radius 3 is 1.95 bits per heavy atom. The van der Waals surface area contributed by atoms with E-state index >= 15 is 0 Å². The van der Waals surface area contributed by atoms with E-state index in [2.05, 4.69) is 37.2 Å². The quantitative estimate of drug-likeness (QED) is 0.684. The number of nitrogens with zero attached hydrogens (tertiary/aromatic N) is 1. The summed E-state index contributed by atoms with van der Waals surface area (Å²) >= 11 is 0. The van der Waals surface area contributed by atoms with Crippen LogP contribution < -0.4 is 5.73 Å². The second-order valence-corrected chi connectivity index (χ2v) is 3.98. The van der Waals surface area contributed by atoms with Crippen molar-refractivity contribution < 1.29 is 17.1 Å². The van der Waals surface area contributed by atoms with Crippen LogP contribution in [-0.2, 0) is 30.2 Å². The number of hydrogen-bond acceptors (Lipinski definition) is 2. The summed E-state index contributed by atoms with van der Waals surface area (Å²) in [5.74, 6) is 0. The summed E-state index contributed by atoms with van der Waals surface area (Å²) in [5.41, 5.74) is 8.16. The molecule has 0 saturated carbocycles. The van der Waals surface area contributed by atoms with Gasteiger partial charge in [-0.05, 0) is 27.2 Å². The maximum Gasteiger partial charge on any atom is 0 e. The van der Waals surface area contributed by atoms with E-state index in [1.165, 1.54) is 11.1 Å². The molecular weight excluding hydrogens is 323 g/mol. The Bertz CT molecular complexity index is 355. The SMILES string of the molecule is CN(C)C[c-]1cccc1CN.Cl.Cl.[Fe].[cH-]1[cH-][cH-][cH-][cH-]1. The van der Waals surface area contributed by atoms with Crippen molar-refractivity contribution >= 4 is 24.8 Å². The van der Waals surface area contributed by atoms with E-state index in [9.17, 15) is 0 Å². The molecule has 0 fully saturated rings. The topological polar surface area (TPSA) is 29.3 Å². The molecular formula is C14H22Cl2FeN2-6. The van der Waals surface area contributed by atoms with Gasteiger partial charge in [0, 0.05) is 17.1 Å². The molecule has 0 atom stereocenters. The fourth-order valence-corrected chi connectivity index (χ4v) is 1.51. The predicted octanol–water partition coefficient (Wildman–Crippen LogP) is 3.17. The molecule has 0 heterocycles. The summed E-state index contributed by atoms with van der Waals surface area (Å²) in [6.45, 7) is 1.63. The Labute approximate surface area is 139 Å². The van der Waals surface area contributed by atoms with E-state index in [1.807, 2.05) is 30.3 Å². The van der Waals surface area contributed by atoms with Crippen LogP contribution in [0.4, 0.5) is 0 Å². The molecule has 0 saturated heterocycles. The molecule has 116 valence electrons. The molecule has 0 bridgehead atoms. The number of halogens is 2. The summed E-state index contributed by atoms with van der Waals surface area (Å²) < 4.78 is 0. The minimum absolute atomic E-state index is 0. The van der Waals surface area contributed by atoms with Gasteiger partial charge >= 0.3 is 0 Å². The minimum Gasteiger partial charge on any atom is -0.748 e. The zero-order valence-corrected chi connectivity index (χ0v) is 14.0. The van der Waals surface area contributed by atoms with Gasteiger partial charge in [0.05, 0.1) is 0 Å². The summed E-state index contributed by atoms with van der Waals surface area (Å²) in [6.07, 6.45) is 0. The monoisotopic (exact) mass is 344 g/mol. The van der Waals surface area contributed by atoms with Gasteiger partial charge < -0.3 is 41.0 Å². The molecule has 0 radical (unpaired) electrons. The van der Waals surface area contributed by atoms with Gasteiger partial charge in [-0.15, -0.1) is 30.4 Å². The van der Waals surface area contributed by atoms with Gasteiger partial charge in [-0.3, -0.25) is 0 Å². The molecule has 0 aliphatic carbocycles. The molecule has 0 aliphatic heterocycles. The molecule has 0 unspecified atom stereocenters. The van der Waals surface area contributed by atoms with Gasteiger partial charge in [0.2, 0.25) is 0 Å². The summed E-state index contributed by atoms with van der Waals surface area (Å²) in [6, 6.07) is 16.3. The van der Waals surface area contributed by atoms with Crippen LogP contribution in [0.15, 0.2) is 48.5 Å². The van der Waals surface area contributed by atoms with Crippen molar-refractivity contribution in [3.05, 3.63) is 59.7 Å². The van der Waals surface area contributed by atoms with Crippen LogP contribution in [0.2, 0.25) is 0 Å². The van der Waals surface area contributed by atoms with E-state index < -0.39 is 0 Å². The predicted molar refractivity (Wildman–Crippen MR) is 83.8 cm³/mol. The van der Waals surface area contributed by atoms with Crippen LogP contribution in [-0.4, -0.2) is 19.0 Å².